The smallest absolute Gasteiger partial charge is 0.305 e. The number of likely N-dealkylation sites (N-methyl/N-ethyl adjacent to an activating group) is 2. The number of aromatic nitrogens is 2. The summed E-state index contributed by atoms with van der Waals surface area (Å²) in [5.74, 6) is 0.482. The van der Waals surface area contributed by atoms with E-state index in [0.717, 1.165) is 13.1 Å². The first-order chi connectivity index (χ1) is 7.15. The Morgan fingerprint density at radius 2 is 2.13 bits per heavy atom. The van der Waals surface area contributed by atoms with Gasteiger partial charge in [0.25, 0.3) is 0 Å². The van der Waals surface area contributed by atoms with Gasteiger partial charge in [-0.05, 0) is 7.05 Å². The van der Waals surface area contributed by atoms with Crippen molar-refractivity contribution >= 4 is 11.6 Å². The lowest BCUT2D eigenvalue weighted by atomic mass is 10.5. The Morgan fingerprint density at radius 3 is 2.60 bits per heavy atom. The molecule has 0 saturated heterocycles. The van der Waals surface area contributed by atoms with Gasteiger partial charge in [0, 0.05) is 20.1 Å². The van der Waals surface area contributed by atoms with Gasteiger partial charge in [0.05, 0.1) is 4.92 Å². The van der Waals surface area contributed by atoms with Crippen LogP contribution in [0.5, 0.6) is 0 Å². The molecule has 0 unspecified atom stereocenters. The lowest BCUT2D eigenvalue weighted by Crippen LogP contribution is -2.28. The monoisotopic (exact) mass is 211 g/mol. The first kappa shape index (κ1) is 11.3. The Morgan fingerprint density at radius 1 is 1.53 bits per heavy atom. The van der Waals surface area contributed by atoms with Gasteiger partial charge in [-0.1, -0.05) is 0 Å². The van der Waals surface area contributed by atoms with Crippen LogP contribution in [0.1, 0.15) is 0 Å². The molecule has 0 atom stereocenters. The zero-order valence-electron chi connectivity index (χ0n) is 8.67. The van der Waals surface area contributed by atoms with Crippen LogP contribution in [0.4, 0.5) is 11.6 Å². The topological polar surface area (TPSA) is 84.2 Å². The molecule has 0 amide bonds. The van der Waals surface area contributed by atoms with Crippen molar-refractivity contribution in [2.45, 2.75) is 0 Å². The summed E-state index contributed by atoms with van der Waals surface area (Å²) in [5, 5.41) is 13.3. The van der Waals surface area contributed by atoms with Gasteiger partial charge < -0.3 is 10.2 Å². The molecule has 7 nitrogen and oxygen atoms in total. The molecule has 1 heterocycles. The van der Waals surface area contributed by atoms with Gasteiger partial charge >= 0.3 is 5.69 Å². The standard InChI is InChI=1S/C8H13N5O2/c1-9-3-4-12(2)8-10-5-7(6-11-8)13(14)15/h5-6,9H,3-4H2,1-2H3. The molecule has 82 valence electrons. The summed E-state index contributed by atoms with van der Waals surface area (Å²) in [4.78, 5) is 19.5. The Balaban J connectivity index is 2.66. The third-order valence-corrected chi connectivity index (χ3v) is 1.87. The molecule has 0 aliphatic carbocycles. The lowest BCUT2D eigenvalue weighted by Gasteiger charge is -2.15. The van der Waals surface area contributed by atoms with Gasteiger partial charge in [-0.2, -0.15) is 0 Å². The van der Waals surface area contributed by atoms with Crippen molar-refractivity contribution in [1.82, 2.24) is 15.3 Å². The first-order valence-electron chi connectivity index (χ1n) is 4.47. The van der Waals surface area contributed by atoms with Crippen molar-refractivity contribution in [2.75, 3.05) is 32.1 Å². The van der Waals surface area contributed by atoms with Gasteiger partial charge in [-0.25, -0.2) is 9.97 Å². The quantitative estimate of drug-likeness (QED) is 0.547. The van der Waals surface area contributed by atoms with Gasteiger partial charge in [-0.3, -0.25) is 10.1 Å². The third kappa shape index (κ3) is 3.13. The molecule has 0 radical (unpaired) electrons. The van der Waals surface area contributed by atoms with Crippen molar-refractivity contribution in [3.63, 3.8) is 0 Å². The first-order valence-corrected chi connectivity index (χ1v) is 4.47. The van der Waals surface area contributed by atoms with Crippen LogP contribution in [0.3, 0.4) is 0 Å². The van der Waals surface area contributed by atoms with E-state index < -0.39 is 4.92 Å². The maximum absolute atomic E-state index is 10.4. The van der Waals surface area contributed by atoms with E-state index in [4.69, 9.17) is 0 Å². The molecule has 0 saturated carbocycles. The highest BCUT2D eigenvalue weighted by molar-refractivity contribution is 5.32. The molecule has 1 aromatic rings. The summed E-state index contributed by atoms with van der Waals surface area (Å²) >= 11 is 0. The van der Waals surface area contributed by atoms with E-state index in [2.05, 4.69) is 15.3 Å². The molecule has 0 aliphatic heterocycles. The van der Waals surface area contributed by atoms with E-state index >= 15 is 0 Å². The summed E-state index contributed by atoms with van der Waals surface area (Å²) in [5.41, 5.74) is -0.0965. The van der Waals surface area contributed by atoms with Crippen molar-refractivity contribution in [1.29, 1.82) is 0 Å². The SMILES string of the molecule is CNCCN(C)c1ncc([N+](=O)[O-])cn1. The van der Waals surface area contributed by atoms with E-state index in [1.165, 1.54) is 12.4 Å². The normalized spacial score (nSPS) is 10.0. The molecular formula is C8H13N5O2. The van der Waals surface area contributed by atoms with E-state index in [0.29, 0.717) is 5.95 Å². The average molecular weight is 211 g/mol. The second-order valence-electron chi connectivity index (χ2n) is 3.02. The van der Waals surface area contributed by atoms with Gasteiger partial charge in [0.2, 0.25) is 5.95 Å². The molecule has 7 heteroatoms. The minimum absolute atomic E-state index is 0.0965. The number of hydrogen-bond acceptors (Lipinski definition) is 6. The lowest BCUT2D eigenvalue weighted by molar-refractivity contribution is -0.385. The Bertz CT molecular complexity index is 326. The van der Waals surface area contributed by atoms with Crippen molar-refractivity contribution < 1.29 is 4.92 Å². The molecule has 0 fully saturated rings. The van der Waals surface area contributed by atoms with Crippen LogP contribution in [0.2, 0.25) is 0 Å². The number of nitrogens with zero attached hydrogens (tertiary/aromatic N) is 4. The number of hydrogen-bond donors (Lipinski definition) is 1. The predicted molar refractivity (Wildman–Crippen MR) is 55.9 cm³/mol. The molecule has 0 bridgehead atoms. The van der Waals surface area contributed by atoms with Crippen molar-refractivity contribution in [2.24, 2.45) is 0 Å². The van der Waals surface area contributed by atoms with Gasteiger partial charge in [-0.15, -0.1) is 0 Å². The summed E-state index contributed by atoms with van der Waals surface area (Å²) in [6, 6.07) is 0. The van der Waals surface area contributed by atoms with Gasteiger partial charge in [0.15, 0.2) is 0 Å². The summed E-state index contributed by atoms with van der Waals surface area (Å²) in [6.45, 7) is 1.55. The average Bonchev–Trinajstić information content (AvgIpc) is 2.26. The van der Waals surface area contributed by atoms with Crippen LogP contribution >= 0.6 is 0 Å². The van der Waals surface area contributed by atoms with Crippen molar-refractivity contribution in [3.8, 4) is 0 Å². The van der Waals surface area contributed by atoms with Crippen molar-refractivity contribution in [3.05, 3.63) is 22.5 Å². The number of nitro groups is 1. The maximum Gasteiger partial charge on any atom is 0.305 e. The molecule has 0 aromatic carbocycles. The number of rotatable bonds is 5. The number of anilines is 1. The molecule has 1 aromatic heterocycles. The summed E-state index contributed by atoms with van der Waals surface area (Å²) in [7, 11) is 3.68. The molecular weight excluding hydrogens is 198 g/mol. The fourth-order valence-corrected chi connectivity index (χ4v) is 0.985. The predicted octanol–water partition coefficient (Wildman–Crippen LogP) is 0.0404. The summed E-state index contributed by atoms with van der Waals surface area (Å²) in [6.07, 6.45) is 2.41. The van der Waals surface area contributed by atoms with Crippen LogP contribution in [0.25, 0.3) is 0 Å². The van der Waals surface area contributed by atoms with E-state index in [9.17, 15) is 10.1 Å². The Kier molecular flexibility index (Phi) is 3.92. The fourth-order valence-electron chi connectivity index (χ4n) is 0.985. The summed E-state index contributed by atoms with van der Waals surface area (Å²) < 4.78 is 0. The molecule has 1 rings (SSSR count). The van der Waals surface area contributed by atoms with Gasteiger partial charge in [0.1, 0.15) is 12.4 Å². The molecule has 1 N–H and O–H groups in total. The zero-order chi connectivity index (χ0) is 11.3. The van der Waals surface area contributed by atoms with Crippen LogP contribution in [-0.4, -0.2) is 42.1 Å². The highest BCUT2D eigenvalue weighted by Gasteiger charge is 2.08. The van der Waals surface area contributed by atoms with Crippen LogP contribution in [-0.2, 0) is 0 Å². The number of nitrogens with one attached hydrogen (secondary N) is 1. The largest absolute Gasteiger partial charge is 0.343 e. The Hall–Kier alpha value is -1.76. The maximum atomic E-state index is 10.4. The van der Waals surface area contributed by atoms with Crippen LogP contribution in [0.15, 0.2) is 12.4 Å². The zero-order valence-corrected chi connectivity index (χ0v) is 8.67. The molecule has 0 aliphatic rings. The van der Waals surface area contributed by atoms with Crippen LogP contribution < -0.4 is 10.2 Å². The molecule has 15 heavy (non-hydrogen) atoms. The minimum atomic E-state index is -0.516. The van der Waals surface area contributed by atoms with E-state index in [-0.39, 0.29) is 5.69 Å². The second-order valence-corrected chi connectivity index (χ2v) is 3.02. The highest BCUT2D eigenvalue weighted by atomic mass is 16.6. The second kappa shape index (κ2) is 5.20. The highest BCUT2D eigenvalue weighted by Crippen LogP contribution is 2.10. The van der Waals surface area contributed by atoms with E-state index in [1.807, 2.05) is 19.0 Å². The molecule has 0 spiro atoms. The van der Waals surface area contributed by atoms with Crippen LogP contribution in [0, 0.1) is 10.1 Å². The fraction of sp³-hybridized carbons (Fsp3) is 0.500. The van der Waals surface area contributed by atoms with E-state index in [1.54, 1.807) is 0 Å². The Labute approximate surface area is 87.3 Å². The third-order valence-electron chi connectivity index (χ3n) is 1.87. The minimum Gasteiger partial charge on any atom is -0.343 e.